The molecule has 0 spiro atoms. The van der Waals surface area contributed by atoms with Crippen LogP contribution in [0.1, 0.15) is 33.4 Å². The Morgan fingerprint density at radius 2 is 2.10 bits per heavy atom. The van der Waals surface area contributed by atoms with Gasteiger partial charge in [-0.15, -0.1) is 0 Å². The number of anilines is 1. The van der Waals surface area contributed by atoms with Gasteiger partial charge in [-0.3, -0.25) is 14.9 Å². The van der Waals surface area contributed by atoms with Crippen LogP contribution in [-0.2, 0) is 24.2 Å². The number of nitrogens with zero attached hydrogens (tertiary/aromatic N) is 2. The van der Waals surface area contributed by atoms with Crippen molar-refractivity contribution in [1.82, 2.24) is 9.88 Å². The van der Waals surface area contributed by atoms with E-state index in [4.69, 9.17) is 9.15 Å². The van der Waals surface area contributed by atoms with Crippen molar-refractivity contribution in [3.8, 4) is 5.75 Å². The van der Waals surface area contributed by atoms with Gasteiger partial charge in [-0.05, 0) is 30.7 Å². The maximum Gasteiger partial charge on any atom is 0.260 e. The number of amides is 2. The van der Waals surface area contributed by atoms with Crippen molar-refractivity contribution < 1.29 is 18.7 Å². The van der Waals surface area contributed by atoms with E-state index in [2.05, 4.69) is 10.3 Å². The minimum absolute atomic E-state index is 0.0807. The molecule has 3 heterocycles. The summed E-state index contributed by atoms with van der Waals surface area (Å²) in [6.07, 6.45) is 3.88. The number of carbonyl (C=O) groups excluding carboxylic acids is 2. The molecule has 7 nitrogen and oxygen atoms in total. The number of fused-ring (bicyclic) bond motifs is 1. The summed E-state index contributed by atoms with van der Waals surface area (Å²) in [6, 6.07) is 9.23. The van der Waals surface area contributed by atoms with Crippen LogP contribution in [0, 0.1) is 0 Å². The molecule has 0 radical (unpaired) electrons. The Kier molecular flexibility index (Phi) is 5.62. The minimum Gasteiger partial charge on any atom is -0.494 e. The van der Waals surface area contributed by atoms with Gasteiger partial charge in [-0.2, -0.15) is 0 Å². The van der Waals surface area contributed by atoms with Crippen LogP contribution in [0.2, 0.25) is 0 Å². The number of hydrogen-bond acceptors (Lipinski definition) is 6. The molecule has 1 aliphatic rings. The van der Waals surface area contributed by atoms with Crippen molar-refractivity contribution in [1.29, 1.82) is 0 Å². The molecule has 0 atom stereocenters. The number of rotatable bonds is 6. The smallest absolute Gasteiger partial charge is 0.260 e. The molecule has 0 saturated heterocycles. The standard InChI is InChI=1S/C21H21N3O4S/c1-2-28-16-5-3-14(4-6-16)11-19(25)24-9-7-17-18(12-24)29-21(22-17)23-20(26)15-8-10-27-13-15/h3-6,8,10,13H,2,7,9,11-12H2,1H3,(H,22,23,26). The van der Waals surface area contributed by atoms with Crippen LogP contribution in [-0.4, -0.2) is 34.8 Å². The van der Waals surface area contributed by atoms with Gasteiger partial charge in [0.1, 0.15) is 12.0 Å². The first-order valence-corrected chi connectivity index (χ1v) is 10.3. The Balaban J connectivity index is 1.37. The van der Waals surface area contributed by atoms with Crippen LogP contribution in [0.15, 0.2) is 47.3 Å². The highest BCUT2D eigenvalue weighted by Crippen LogP contribution is 2.29. The van der Waals surface area contributed by atoms with Gasteiger partial charge in [0, 0.05) is 17.8 Å². The molecule has 29 heavy (non-hydrogen) atoms. The number of thiazole rings is 1. The maximum atomic E-state index is 12.7. The minimum atomic E-state index is -0.256. The van der Waals surface area contributed by atoms with Crippen molar-refractivity contribution in [3.63, 3.8) is 0 Å². The number of hydrogen-bond donors (Lipinski definition) is 1. The average Bonchev–Trinajstić information content (AvgIpc) is 3.38. The molecule has 1 aliphatic heterocycles. The normalized spacial score (nSPS) is 13.1. The van der Waals surface area contributed by atoms with Gasteiger partial charge in [0.15, 0.2) is 5.13 Å². The summed E-state index contributed by atoms with van der Waals surface area (Å²) in [6.45, 7) is 3.70. The molecule has 3 aromatic rings. The van der Waals surface area contributed by atoms with E-state index >= 15 is 0 Å². The first kappa shape index (κ1) is 19.2. The van der Waals surface area contributed by atoms with E-state index in [0.717, 1.165) is 21.9 Å². The van der Waals surface area contributed by atoms with Gasteiger partial charge in [0.2, 0.25) is 5.91 Å². The first-order chi connectivity index (χ1) is 14.1. The molecule has 2 amide bonds. The van der Waals surface area contributed by atoms with Crippen LogP contribution in [0.25, 0.3) is 0 Å². The van der Waals surface area contributed by atoms with Gasteiger partial charge in [-0.1, -0.05) is 23.5 Å². The summed E-state index contributed by atoms with van der Waals surface area (Å²) in [5.74, 6) is 0.631. The van der Waals surface area contributed by atoms with Gasteiger partial charge < -0.3 is 14.1 Å². The largest absolute Gasteiger partial charge is 0.494 e. The number of benzene rings is 1. The predicted molar refractivity (Wildman–Crippen MR) is 109 cm³/mol. The quantitative estimate of drug-likeness (QED) is 0.671. The van der Waals surface area contributed by atoms with Crippen LogP contribution in [0.4, 0.5) is 5.13 Å². The lowest BCUT2D eigenvalue weighted by molar-refractivity contribution is -0.131. The Morgan fingerprint density at radius 3 is 2.83 bits per heavy atom. The van der Waals surface area contributed by atoms with Crippen LogP contribution >= 0.6 is 11.3 Å². The molecule has 0 aliphatic carbocycles. The summed E-state index contributed by atoms with van der Waals surface area (Å²) in [7, 11) is 0. The fourth-order valence-electron chi connectivity index (χ4n) is 3.18. The van der Waals surface area contributed by atoms with Gasteiger partial charge >= 0.3 is 0 Å². The predicted octanol–water partition coefficient (Wildman–Crippen LogP) is 3.51. The van der Waals surface area contributed by atoms with E-state index in [1.807, 2.05) is 36.1 Å². The topological polar surface area (TPSA) is 84.7 Å². The molecule has 1 aromatic carbocycles. The molecule has 1 N–H and O–H groups in total. The monoisotopic (exact) mass is 411 g/mol. The third kappa shape index (κ3) is 4.48. The molecular weight excluding hydrogens is 390 g/mol. The molecule has 0 bridgehead atoms. The average molecular weight is 411 g/mol. The van der Waals surface area contributed by atoms with E-state index in [1.165, 1.54) is 23.9 Å². The third-order valence-electron chi connectivity index (χ3n) is 4.68. The van der Waals surface area contributed by atoms with E-state index in [1.54, 1.807) is 6.07 Å². The Labute approximate surface area is 172 Å². The maximum absolute atomic E-state index is 12.7. The van der Waals surface area contributed by atoms with Gasteiger partial charge in [0.05, 0.1) is 37.1 Å². The second-order valence-corrected chi connectivity index (χ2v) is 7.76. The molecule has 0 saturated carbocycles. The zero-order chi connectivity index (χ0) is 20.2. The molecular formula is C21H21N3O4S. The number of carbonyl (C=O) groups is 2. The Morgan fingerprint density at radius 1 is 1.28 bits per heavy atom. The van der Waals surface area contributed by atoms with Crippen molar-refractivity contribution in [2.45, 2.75) is 26.3 Å². The van der Waals surface area contributed by atoms with Crippen molar-refractivity contribution in [2.24, 2.45) is 0 Å². The summed E-state index contributed by atoms with van der Waals surface area (Å²) in [4.78, 5) is 32.2. The van der Waals surface area contributed by atoms with Crippen molar-refractivity contribution >= 4 is 28.3 Å². The summed E-state index contributed by atoms with van der Waals surface area (Å²) < 4.78 is 10.4. The molecule has 0 unspecified atom stereocenters. The Bertz CT molecular complexity index is 996. The summed E-state index contributed by atoms with van der Waals surface area (Å²) in [5, 5.41) is 3.34. The molecule has 8 heteroatoms. The first-order valence-electron chi connectivity index (χ1n) is 9.44. The van der Waals surface area contributed by atoms with E-state index in [-0.39, 0.29) is 11.8 Å². The number of ether oxygens (including phenoxy) is 1. The molecule has 0 fully saturated rings. The highest BCUT2D eigenvalue weighted by molar-refractivity contribution is 7.15. The van der Waals surface area contributed by atoms with Crippen molar-refractivity contribution in [2.75, 3.05) is 18.5 Å². The van der Waals surface area contributed by atoms with E-state index in [9.17, 15) is 9.59 Å². The lowest BCUT2D eigenvalue weighted by Gasteiger charge is -2.26. The summed E-state index contributed by atoms with van der Waals surface area (Å²) >= 11 is 1.41. The number of nitrogens with one attached hydrogen (secondary N) is 1. The molecule has 4 rings (SSSR count). The lowest BCUT2D eigenvalue weighted by atomic mass is 10.1. The molecule has 2 aromatic heterocycles. The fraction of sp³-hybridized carbons (Fsp3) is 0.286. The second-order valence-electron chi connectivity index (χ2n) is 6.67. The van der Waals surface area contributed by atoms with Crippen LogP contribution in [0.5, 0.6) is 5.75 Å². The SMILES string of the molecule is CCOc1ccc(CC(=O)N2CCc3nc(NC(=O)c4ccoc4)sc3C2)cc1. The number of furan rings is 1. The van der Waals surface area contributed by atoms with E-state index in [0.29, 0.717) is 43.2 Å². The van der Waals surface area contributed by atoms with Crippen LogP contribution < -0.4 is 10.1 Å². The highest BCUT2D eigenvalue weighted by Gasteiger charge is 2.25. The highest BCUT2D eigenvalue weighted by atomic mass is 32.1. The fourth-order valence-corrected chi connectivity index (χ4v) is 4.20. The zero-order valence-electron chi connectivity index (χ0n) is 16.0. The van der Waals surface area contributed by atoms with Crippen molar-refractivity contribution in [3.05, 3.63) is 64.6 Å². The third-order valence-corrected chi connectivity index (χ3v) is 5.68. The Hall–Kier alpha value is -3.13. The van der Waals surface area contributed by atoms with Gasteiger partial charge in [-0.25, -0.2) is 4.98 Å². The van der Waals surface area contributed by atoms with Crippen LogP contribution in [0.3, 0.4) is 0 Å². The number of aromatic nitrogens is 1. The van der Waals surface area contributed by atoms with Gasteiger partial charge in [0.25, 0.3) is 5.91 Å². The zero-order valence-corrected chi connectivity index (χ0v) is 16.8. The molecule has 150 valence electrons. The summed E-state index contributed by atoms with van der Waals surface area (Å²) in [5.41, 5.74) is 2.36. The lowest BCUT2D eigenvalue weighted by Crippen LogP contribution is -2.36. The second kappa shape index (κ2) is 8.48. The van der Waals surface area contributed by atoms with E-state index < -0.39 is 0 Å².